The number of sulfonamides is 1. The summed E-state index contributed by atoms with van der Waals surface area (Å²) in [6.45, 7) is 3.90. The topological polar surface area (TPSA) is 49.9 Å². The Labute approximate surface area is 132 Å². The van der Waals surface area contributed by atoms with Crippen LogP contribution in [0.5, 0.6) is 0 Å². The first-order valence-electron chi connectivity index (χ1n) is 7.88. The van der Waals surface area contributed by atoms with Gasteiger partial charge in [-0.25, -0.2) is 8.42 Å². The number of ether oxygens (including phenoxy) is 1. The third kappa shape index (κ3) is 3.51. The lowest BCUT2D eigenvalue weighted by Crippen LogP contribution is -2.51. The van der Waals surface area contributed by atoms with Crippen molar-refractivity contribution in [2.75, 3.05) is 39.1 Å². The Morgan fingerprint density at radius 2 is 1.82 bits per heavy atom. The maximum Gasteiger partial charge on any atom is 0.211 e. The Morgan fingerprint density at radius 1 is 1.14 bits per heavy atom. The van der Waals surface area contributed by atoms with Crippen molar-refractivity contribution in [2.45, 2.75) is 24.9 Å². The highest BCUT2D eigenvalue weighted by Gasteiger charge is 2.42. The molecule has 5 nitrogen and oxygen atoms in total. The van der Waals surface area contributed by atoms with E-state index in [1.54, 1.807) is 4.31 Å². The van der Waals surface area contributed by atoms with Gasteiger partial charge in [0.1, 0.15) is 0 Å². The van der Waals surface area contributed by atoms with E-state index in [-0.39, 0.29) is 6.04 Å². The predicted molar refractivity (Wildman–Crippen MR) is 86.3 cm³/mol. The molecule has 122 valence electrons. The molecule has 2 fully saturated rings. The van der Waals surface area contributed by atoms with Crippen LogP contribution in [-0.4, -0.2) is 68.8 Å². The van der Waals surface area contributed by atoms with E-state index in [1.165, 1.54) is 11.8 Å². The largest absolute Gasteiger partial charge is 0.379 e. The summed E-state index contributed by atoms with van der Waals surface area (Å²) in [4.78, 5) is 2.41. The van der Waals surface area contributed by atoms with Crippen LogP contribution in [0.4, 0.5) is 0 Å². The van der Waals surface area contributed by atoms with Gasteiger partial charge in [0.15, 0.2) is 0 Å². The van der Waals surface area contributed by atoms with Gasteiger partial charge in [-0.3, -0.25) is 4.90 Å². The second kappa shape index (κ2) is 6.66. The van der Waals surface area contributed by atoms with Gasteiger partial charge >= 0.3 is 0 Å². The molecule has 2 aliphatic rings. The van der Waals surface area contributed by atoms with Crippen LogP contribution in [0.1, 0.15) is 12.0 Å². The van der Waals surface area contributed by atoms with Gasteiger partial charge in [-0.05, 0) is 18.4 Å². The molecule has 0 unspecified atom stereocenters. The first-order valence-corrected chi connectivity index (χ1v) is 9.73. The third-order valence-corrected chi connectivity index (χ3v) is 5.99. The number of nitrogens with zero attached hydrogens (tertiary/aromatic N) is 2. The van der Waals surface area contributed by atoms with Crippen molar-refractivity contribution >= 4 is 10.0 Å². The number of morpholine rings is 1. The zero-order valence-corrected chi connectivity index (χ0v) is 13.8. The van der Waals surface area contributed by atoms with Crippen molar-refractivity contribution in [1.29, 1.82) is 0 Å². The Morgan fingerprint density at radius 3 is 2.45 bits per heavy atom. The minimum Gasteiger partial charge on any atom is -0.379 e. The van der Waals surface area contributed by atoms with Crippen molar-refractivity contribution in [3.05, 3.63) is 35.9 Å². The average molecular weight is 324 g/mol. The van der Waals surface area contributed by atoms with Crippen LogP contribution in [0.25, 0.3) is 0 Å². The fourth-order valence-corrected chi connectivity index (χ4v) is 4.79. The lowest BCUT2D eigenvalue weighted by molar-refractivity contribution is 0.0117. The van der Waals surface area contributed by atoms with E-state index in [4.69, 9.17) is 4.74 Å². The van der Waals surface area contributed by atoms with E-state index in [9.17, 15) is 8.42 Å². The number of hydrogen-bond donors (Lipinski definition) is 0. The van der Waals surface area contributed by atoms with Gasteiger partial charge in [-0.1, -0.05) is 30.3 Å². The predicted octanol–water partition coefficient (Wildman–Crippen LogP) is 0.964. The van der Waals surface area contributed by atoms with E-state index < -0.39 is 10.0 Å². The smallest absolute Gasteiger partial charge is 0.211 e. The molecule has 0 spiro atoms. The second-order valence-electron chi connectivity index (χ2n) is 6.14. The highest BCUT2D eigenvalue weighted by molar-refractivity contribution is 7.88. The molecule has 0 bridgehead atoms. The van der Waals surface area contributed by atoms with Crippen LogP contribution < -0.4 is 0 Å². The normalized spacial score (nSPS) is 28.0. The van der Waals surface area contributed by atoms with Gasteiger partial charge in [-0.2, -0.15) is 4.31 Å². The third-order valence-electron chi connectivity index (χ3n) is 4.69. The molecule has 6 heteroatoms. The molecular weight excluding hydrogens is 300 g/mol. The van der Waals surface area contributed by atoms with E-state index >= 15 is 0 Å². The van der Waals surface area contributed by atoms with E-state index in [0.717, 1.165) is 39.1 Å². The summed E-state index contributed by atoms with van der Waals surface area (Å²) in [6, 6.07) is 10.5. The fourth-order valence-electron chi connectivity index (χ4n) is 3.65. The van der Waals surface area contributed by atoms with Gasteiger partial charge in [0.25, 0.3) is 0 Å². The van der Waals surface area contributed by atoms with Crippen molar-refractivity contribution in [1.82, 2.24) is 9.21 Å². The molecule has 2 heterocycles. The SMILES string of the molecule is CS(=O)(=O)N1CC[C@@H](N2CCOCC2)[C@@H]1Cc1ccccc1. The fraction of sp³-hybridized carbons (Fsp3) is 0.625. The van der Waals surface area contributed by atoms with Gasteiger partial charge in [0.05, 0.1) is 19.5 Å². The van der Waals surface area contributed by atoms with Gasteiger partial charge in [0.2, 0.25) is 10.0 Å². The number of benzene rings is 1. The summed E-state index contributed by atoms with van der Waals surface area (Å²) in [5, 5.41) is 0. The Hall–Kier alpha value is -0.950. The summed E-state index contributed by atoms with van der Waals surface area (Å²) in [7, 11) is -3.17. The van der Waals surface area contributed by atoms with Crippen LogP contribution in [0.2, 0.25) is 0 Å². The molecule has 1 aromatic carbocycles. The zero-order valence-electron chi connectivity index (χ0n) is 13.0. The highest BCUT2D eigenvalue weighted by Crippen LogP contribution is 2.28. The molecule has 0 aliphatic carbocycles. The van der Waals surface area contributed by atoms with Gasteiger partial charge < -0.3 is 4.74 Å². The maximum absolute atomic E-state index is 12.1. The maximum atomic E-state index is 12.1. The molecule has 1 aromatic rings. The van der Waals surface area contributed by atoms with E-state index in [2.05, 4.69) is 17.0 Å². The highest BCUT2D eigenvalue weighted by atomic mass is 32.2. The molecular formula is C16H24N2O3S. The Bertz CT molecular complexity index is 585. The molecule has 2 atom stereocenters. The second-order valence-corrected chi connectivity index (χ2v) is 8.07. The van der Waals surface area contributed by atoms with Crippen LogP contribution >= 0.6 is 0 Å². The first-order chi connectivity index (χ1) is 10.6. The van der Waals surface area contributed by atoms with Gasteiger partial charge in [0, 0.05) is 31.7 Å². The van der Waals surface area contributed by atoms with Gasteiger partial charge in [-0.15, -0.1) is 0 Å². The molecule has 3 rings (SSSR count). The summed E-state index contributed by atoms with van der Waals surface area (Å²) in [6.07, 6.45) is 3.01. The summed E-state index contributed by atoms with van der Waals surface area (Å²) in [5.74, 6) is 0. The molecule has 0 amide bonds. The molecule has 0 radical (unpaired) electrons. The van der Waals surface area contributed by atoms with Crippen LogP contribution in [0.3, 0.4) is 0 Å². The van der Waals surface area contributed by atoms with Crippen molar-refractivity contribution in [3.63, 3.8) is 0 Å². The van der Waals surface area contributed by atoms with Crippen LogP contribution in [0.15, 0.2) is 30.3 Å². The molecule has 0 N–H and O–H groups in total. The van der Waals surface area contributed by atoms with Crippen LogP contribution in [-0.2, 0) is 21.2 Å². The number of hydrogen-bond acceptors (Lipinski definition) is 4. The van der Waals surface area contributed by atoms with Crippen molar-refractivity contribution in [3.8, 4) is 0 Å². The standard InChI is InChI=1S/C16H24N2O3S/c1-22(19,20)18-8-7-15(17-9-11-21-12-10-17)16(18)13-14-5-3-2-4-6-14/h2-6,15-16H,7-13H2,1H3/t15-,16+/m1/s1. The number of rotatable bonds is 4. The minimum atomic E-state index is -3.17. The summed E-state index contributed by atoms with van der Waals surface area (Å²) < 4.78 is 31.4. The van der Waals surface area contributed by atoms with Crippen LogP contribution in [0, 0.1) is 0 Å². The summed E-state index contributed by atoms with van der Waals surface area (Å²) >= 11 is 0. The monoisotopic (exact) mass is 324 g/mol. The molecule has 0 aromatic heterocycles. The summed E-state index contributed by atoms with van der Waals surface area (Å²) in [5.41, 5.74) is 1.20. The van der Waals surface area contributed by atoms with E-state index in [0.29, 0.717) is 12.6 Å². The van der Waals surface area contributed by atoms with E-state index in [1.807, 2.05) is 18.2 Å². The lowest BCUT2D eigenvalue weighted by atomic mass is 9.99. The first kappa shape index (κ1) is 15.9. The minimum absolute atomic E-state index is 0.0236. The molecule has 22 heavy (non-hydrogen) atoms. The average Bonchev–Trinajstić information content (AvgIpc) is 2.93. The Kier molecular flexibility index (Phi) is 4.82. The molecule has 2 aliphatic heterocycles. The Balaban J connectivity index is 1.82. The van der Waals surface area contributed by atoms with Crippen molar-refractivity contribution in [2.24, 2.45) is 0 Å². The lowest BCUT2D eigenvalue weighted by Gasteiger charge is -2.37. The van der Waals surface area contributed by atoms with Crippen molar-refractivity contribution < 1.29 is 13.2 Å². The quantitative estimate of drug-likeness (QED) is 0.828. The zero-order chi connectivity index (χ0) is 15.6. The molecule has 0 saturated carbocycles. The molecule has 2 saturated heterocycles.